The van der Waals surface area contributed by atoms with Gasteiger partial charge in [0.2, 0.25) is 13.2 Å². The quantitative estimate of drug-likeness (QED) is 0.594. The van der Waals surface area contributed by atoms with Crippen molar-refractivity contribution in [1.29, 1.82) is 0 Å². The number of ether oxygens (including phenoxy) is 2. The van der Waals surface area contributed by atoms with Gasteiger partial charge in [-0.15, -0.1) is 0 Å². The number of amides is 1. The van der Waals surface area contributed by atoms with Gasteiger partial charge >= 0.3 is 0 Å². The van der Waals surface area contributed by atoms with Gasteiger partial charge in [0.1, 0.15) is 0 Å². The van der Waals surface area contributed by atoms with Gasteiger partial charge in [0.05, 0.1) is 0 Å². The highest BCUT2D eigenvalue weighted by atomic mass is 32.1. The Morgan fingerprint density at radius 3 is 3.06 bits per heavy atom. The predicted molar refractivity (Wildman–Crippen MR) is 61.2 cm³/mol. The maximum absolute atomic E-state index is 10.1. The molecule has 0 unspecified atom stereocenters. The fourth-order valence-electron chi connectivity index (χ4n) is 1.34. The van der Waals surface area contributed by atoms with E-state index in [9.17, 15) is 4.79 Å². The Morgan fingerprint density at radius 1 is 1.44 bits per heavy atom. The van der Waals surface area contributed by atoms with Crippen LogP contribution in [-0.2, 0) is 11.3 Å². The highest BCUT2D eigenvalue weighted by Gasteiger charge is 2.12. The highest BCUT2D eigenvalue weighted by molar-refractivity contribution is 7.80. The maximum atomic E-state index is 10.1. The number of thiocarbonyl (C=S) groups is 1. The molecule has 2 N–H and O–H groups in total. The molecule has 1 heterocycles. The van der Waals surface area contributed by atoms with Gasteiger partial charge in [0.15, 0.2) is 16.6 Å². The van der Waals surface area contributed by atoms with Crippen molar-refractivity contribution in [2.24, 2.45) is 0 Å². The number of carbonyl (C=O) groups is 1. The zero-order valence-electron chi connectivity index (χ0n) is 8.36. The van der Waals surface area contributed by atoms with Gasteiger partial charge in [0, 0.05) is 6.54 Å². The lowest BCUT2D eigenvalue weighted by atomic mass is 10.2. The van der Waals surface area contributed by atoms with Crippen LogP contribution in [-0.4, -0.2) is 18.3 Å². The van der Waals surface area contributed by atoms with Crippen LogP contribution in [0.1, 0.15) is 5.56 Å². The van der Waals surface area contributed by atoms with E-state index in [-0.39, 0.29) is 6.79 Å². The van der Waals surface area contributed by atoms with E-state index >= 15 is 0 Å². The van der Waals surface area contributed by atoms with Crippen LogP contribution in [0, 0.1) is 0 Å². The minimum atomic E-state index is 0.261. The largest absolute Gasteiger partial charge is 0.454 e. The Bertz CT molecular complexity index is 423. The van der Waals surface area contributed by atoms with Crippen molar-refractivity contribution in [2.75, 3.05) is 6.79 Å². The molecular weight excluding hydrogens is 228 g/mol. The average Bonchev–Trinajstić information content (AvgIpc) is 2.74. The number of nitrogens with one attached hydrogen (secondary N) is 2. The van der Waals surface area contributed by atoms with Gasteiger partial charge in [-0.3, -0.25) is 4.79 Å². The summed E-state index contributed by atoms with van der Waals surface area (Å²) in [6.45, 7) is 0.785. The molecule has 0 aliphatic carbocycles. The summed E-state index contributed by atoms with van der Waals surface area (Å²) < 4.78 is 10.4. The Hall–Kier alpha value is -1.82. The van der Waals surface area contributed by atoms with Crippen LogP contribution in [0.4, 0.5) is 0 Å². The smallest absolute Gasteiger partial charge is 0.231 e. The monoisotopic (exact) mass is 238 g/mol. The standard InChI is InChI=1S/C10H10N2O3S/c13-5-12-10(16)11-4-7-1-2-8-9(3-7)15-6-14-8/h1-3,5H,4,6H2,(H2,11,12,13,16). The first-order valence-corrected chi connectivity index (χ1v) is 5.07. The van der Waals surface area contributed by atoms with Crippen molar-refractivity contribution in [3.63, 3.8) is 0 Å². The normalized spacial score (nSPS) is 12.0. The van der Waals surface area contributed by atoms with Crippen LogP contribution >= 0.6 is 12.2 Å². The number of benzene rings is 1. The molecule has 16 heavy (non-hydrogen) atoms. The second kappa shape index (κ2) is 4.80. The summed E-state index contributed by atoms with van der Waals surface area (Å²) >= 11 is 4.84. The van der Waals surface area contributed by atoms with Gasteiger partial charge < -0.3 is 20.1 Å². The van der Waals surface area contributed by atoms with E-state index in [1.54, 1.807) is 0 Å². The molecule has 5 nitrogen and oxygen atoms in total. The summed E-state index contributed by atoms with van der Waals surface area (Å²) in [5.41, 5.74) is 0.999. The van der Waals surface area contributed by atoms with Crippen LogP contribution in [0.15, 0.2) is 18.2 Å². The Kier molecular flexibility index (Phi) is 3.21. The van der Waals surface area contributed by atoms with Crippen molar-refractivity contribution >= 4 is 23.7 Å². The van der Waals surface area contributed by atoms with E-state index in [1.165, 1.54) is 0 Å². The number of carbonyl (C=O) groups excluding carboxylic acids is 1. The van der Waals surface area contributed by atoms with Crippen LogP contribution < -0.4 is 20.1 Å². The third kappa shape index (κ3) is 2.40. The number of rotatable bonds is 3. The zero-order valence-corrected chi connectivity index (χ0v) is 9.17. The fourth-order valence-corrected chi connectivity index (χ4v) is 1.46. The lowest BCUT2D eigenvalue weighted by molar-refractivity contribution is -0.108. The first kappa shape index (κ1) is 10.7. The summed E-state index contributed by atoms with van der Waals surface area (Å²) in [6.07, 6.45) is 0.537. The zero-order chi connectivity index (χ0) is 11.4. The second-order valence-electron chi connectivity index (χ2n) is 3.13. The molecule has 1 aliphatic heterocycles. The van der Waals surface area contributed by atoms with Gasteiger partial charge in [-0.25, -0.2) is 0 Å². The van der Waals surface area contributed by atoms with Gasteiger partial charge in [0.25, 0.3) is 0 Å². The van der Waals surface area contributed by atoms with Crippen molar-refractivity contribution in [2.45, 2.75) is 6.54 Å². The molecule has 0 atom stereocenters. The molecule has 0 fully saturated rings. The van der Waals surface area contributed by atoms with Gasteiger partial charge in [-0.1, -0.05) is 6.07 Å². The van der Waals surface area contributed by atoms with Crippen molar-refractivity contribution in [3.8, 4) is 11.5 Å². The van der Waals surface area contributed by atoms with Gasteiger partial charge in [-0.05, 0) is 29.9 Å². The first-order chi connectivity index (χ1) is 7.79. The van der Waals surface area contributed by atoms with E-state index in [0.29, 0.717) is 18.1 Å². The van der Waals surface area contributed by atoms with E-state index < -0.39 is 0 Å². The highest BCUT2D eigenvalue weighted by Crippen LogP contribution is 2.32. The third-order valence-electron chi connectivity index (χ3n) is 2.08. The Labute approximate surface area is 97.7 Å². The van der Waals surface area contributed by atoms with E-state index in [4.69, 9.17) is 21.7 Å². The Morgan fingerprint density at radius 2 is 2.25 bits per heavy atom. The van der Waals surface area contributed by atoms with Crippen LogP contribution in [0.2, 0.25) is 0 Å². The van der Waals surface area contributed by atoms with Crippen molar-refractivity contribution in [1.82, 2.24) is 10.6 Å². The summed E-state index contributed by atoms with van der Waals surface area (Å²) in [5, 5.41) is 5.53. The van der Waals surface area contributed by atoms with Crippen LogP contribution in [0.25, 0.3) is 0 Å². The molecule has 6 heteroatoms. The molecule has 2 rings (SSSR count). The van der Waals surface area contributed by atoms with Crippen molar-refractivity contribution in [3.05, 3.63) is 23.8 Å². The average molecular weight is 238 g/mol. The summed E-state index contributed by atoms with van der Waals surface area (Å²) in [6, 6.07) is 5.62. The summed E-state index contributed by atoms with van der Waals surface area (Å²) in [5.74, 6) is 1.48. The SMILES string of the molecule is O=CNC(=S)NCc1ccc2c(c1)OCO2. The minimum Gasteiger partial charge on any atom is -0.454 e. The van der Waals surface area contributed by atoms with Crippen molar-refractivity contribution < 1.29 is 14.3 Å². The molecule has 0 saturated carbocycles. The molecular formula is C10H10N2O3S. The Balaban J connectivity index is 1.95. The molecule has 1 aromatic rings. The molecule has 1 amide bonds. The lowest BCUT2D eigenvalue weighted by Crippen LogP contribution is -2.33. The fraction of sp³-hybridized carbons (Fsp3) is 0.200. The molecule has 1 aliphatic rings. The molecule has 1 aromatic carbocycles. The third-order valence-corrected chi connectivity index (χ3v) is 2.34. The minimum absolute atomic E-state index is 0.261. The van der Waals surface area contributed by atoms with E-state index in [0.717, 1.165) is 17.1 Å². The molecule has 0 radical (unpaired) electrons. The molecule has 0 aromatic heterocycles. The summed E-state index contributed by atoms with van der Waals surface area (Å²) in [7, 11) is 0. The van der Waals surface area contributed by atoms with Crippen LogP contribution in [0.5, 0.6) is 11.5 Å². The number of hydrogen-bond donors (Lipinski definition) is 2. The molecule has 0 bridgehead atoms. The molecule has 84 valence electrons. The maximum Gasteiger partial charge on any atom is 0.231 e. The van der Waals surface area contributed by atoms with E-state index in [2.05, 4.69) is 10.6 Å². The lowest BCUT2D eigenvalue weighted by Gasteiger charge is -2.06. The first-order valence-electron chi connectivity index (χ1n) is 4.66. The second-order valence-corrected chi connectivity index (χ2v) is 3.54. The number of hydrogen-bond acceptors (Lipinski definition) is 4. The molecule has 0 spiro atoms. The predicted octanol–water partition coefficient (Wildman–Crippen LogP) is 0.536. The van der Waals surface area contributed by atoms with E-state index in [1.807, 2.05) is 18.2 Å². The summed E-state index contributed by atoms with van der Waals surface area (Å²) in [4.78, 5) is 10.1. The topological polar surface area (TPSA) is 59.6 Å². The molecule has 0 saturated heterocycles. The number of fused-ring (bicyclic) bond motifs is 1. The van der Waals surface area contributed by atoms with Gasteiger partial charge in [-0.2, -0.15) is 0 Å². The van der Waals surface area contributed by atoms with Crippen LogP contribution in [0.3, 0.4) is 0 Å².